The Morgan fingerprint density at radius 1 is 1.41 bits per heavy atom. The van der Waals surface area contributed by atoms with Crippen LogP contribution in [0.4, 0.5) is 0 Å². The second-order valence-corrected chi connectivity index (χ2v) is 7.13. The number of nitrogens with one attached hydrogen (secondary N) is 1. The summed E-state index contributed by atoms with van der Waals surface area (Å²) >= 11 is 5.59. The predicted octanol–water partition coefficient (Wildman–Crippen LogP) is 5.05. The molecule has 1 aliphatic rings. The molecule has 1 fully saturated rings. The fraction of sp³-hybridized carbons (Fsp3) is 0.714. The standard InChI is InChI=1S/C14H22BrNS/c1-3-16-14(11-7-5-4-6-8-11)13-9-12(15)10(2)17-13/h9,11,14,16H,3-8H2,1-2H3. The molecule has 1 saturated carbocycles. The summed E-state index contributed by atoms with van der Waals surface area (Å²) in [6.07, 6.45) is 7.05. The minimum Gasteiger partial charge on any atom is -0.309 e. The van der Waals surface area contributed by atoms with E-state index in [9.17, 15) is 0 Å². The Balaban J connectivity index is 2.15. The molecule has 2 rings (SSSR count). The van der Waals surface area contributed by atoms with Gasteiger partial charge < -0.3 is 5.32 Å². The van der Waals surface area contributed by atoms with Crippen LogP contribution in [-0.4, -0.2) is 6.54 Å². The fourth-order valence-corrected chi connectivity index (χ4v) is 4.55. The van der Waals surface area contributed by atoms with Gasteiger partial charge in [-0.25, -0.2) is 0 Å². The van der Waals surface area contributed by atoms with Crippen LogP contribution in [0.1, 0.15) is 54.8 Å². The Morgan fingerprint density at radius 2 is 2.12 bits per heavy atom. The van der Waals surface area contributed by atoms with Gasteiger partial charge >= 0.3 is 0 Å². The van der Waals surface area contributed by atoms with E-state index in [2.05, 4.69) is 41.2 Å². The van der Waals surface area contributed by atoms with E-state index in [4.69, 9.17) is 0 Å². The van der Waals surface area contributed by atoms with Crippen molar-refractivity contribution in [1.29, 1.82) is 0 Å². The van der Waals surface area contributed by atoms with Gasteiger partial charge in [-0.05, 0) is 54.2 Å². The van der Waals surface area contributed by atoms with Crippen molar-refractivity contribution in [2.75, 3.05) is 6.54 Å². The zero-order valence-electron chi connectivity index (χ0n) is 10.8. The van der Waals surface area contributed by atoms with E-state index >= 15 is 0 Å². The molecule has 1 unspecified atom stereocenters. The lowest BCUT2D eigenvalue weighted by Gasteiger charge is -2.30. The number of halogens is 1. The molecular formula is C14H22BrNS. The van der Waals surface area contributed by atoms with Crippen molar-refractivity contribution >= 4 is 27.3 Å². The topological polar surface area (TPSA) is 12.0 Å². The maximum absolute atomic E-state index is 3.70. The Hall–Kier alpha value is 0.140. The number of hydrogen-bond donors (Lipinski definition) is 1. The van der Waals surface area contributed by atoms with Crippen LogP contribution >= 0.6 is 27.3 Å². The van der Waals surface area contributed by atoms with Crippen molar-refractivity contribution in [3.05, 3.63) is 20.3 Å². The SMILES string of the molecule is CCNC(c1cc(Br)c(C)s1)C1CCCCC1. The maximum atomic E-state index is 3.70. The molecule has 0 aliphatic heterocycles. The Morgan fingerprint density at radius 3 is 2.65 bits per heavy atom. The molecule has 1 nitrogen and oxygen atoms in total. The van der Waals surface area contributed by atoms with Crippen molar-refractivity contribution < 1.29 is 0 Å². The van der Waals surface area contributed by atoms with Gasteiger partial charge in [-0.3, -0.25) is 0 Å². The van der Waals surface area contributed by atoms with Crippen LogP contribution < -0.4 is 5.32 Å². The predicted molar refractivity (Wildman–Crippen MR) is 79.7 cm³/mol. The normalized spacial score (nSPS) is 19.5. The van der Waals surface area contributed by atoms with Gasteiger partial charge in [0.05, 0.1) is 0 Å². The average Bonchev–Trinajstić information content (AvgIpc) is 2.67. The Bertz CT molecular complexity index is 336. The molecule has 3 heteroatoms. The first-order valence-corrected chi connectivity index (χ1v) is 8.32. The minimum absolute atomic E-state index is 0.579. The fourth-order valence-electron chi connectivity index (χ4n) is 2.82. The van der Waals surface area contributed by atoms with Crippen molar-refractivity contribution in [2.24, 2.45) is 5.92 Å². The quantitative estimate of drug-likeness (QED) is 0.819. The highest BCUT2D eigenvalue weighted by Gasteiger charge is 2.25. The molecule has 0 saturated heterocycles. The summed E-state index contributed by atoms with van der Waals surface area (Å²) in [5.74, 6) is 0.841. The highest BCUT2D eigenvalue weighted by atomic mass is 79.9. The largest absolute Gasteiger partial charge is 0.309 e. The van der Waals surface area contributed by atoms with Gasteiger partial charge in [0.2, 0.25) is 0 Å². The van der Waals surface area contributed by atoms with E-state index in [0.29, 0.717) is 6.04 Å². The third kappa shape index (κ3) is 3.33. The van der Waals surface area contributed by atoms with Crippen molar-refractivity contribution in [3.8, 4) is 0 Å². The third-order valence-electron chi connectivity index (χ3n) is 3.73. The molecule has 1 aromatic heterocycles. The van der Waals surface area contributed by atoms with Gasteiger partial charge in [0.1, 0.15) is 0 Å². The van der Waals surface area contributed by atoms with Crippen LogP contribution in [-0.2, 0) is 0 Å². The molecule has 0 bridgehead atoms. The van der Waals surface area contributed by atoms with Crippen LogP contribution in [0.2, 0.25) is 0 Å². The number of thiophene rings is 1. The highest BCUT2D eigenvalue weighted by molar-refractivity contribution is 9.10. The lowest BCUT2D eigenvalue weighted by atomic mass is 9.83. The van der Waals surface area contributed by atoms with E-state index in [0.717, 1.165) is 12.5 Å². The smallest absolute Gasteiger partial charge is 0.0443 e. The average molecular weight is 316 g/mol. The third-order valence-corrected chi connectivity index (χ3v) is 5.95. The zero-order chi connectivity index (χ0) is 12.3. The first-order valence-electron chi connectivity index (χ1n) is 6.71. The molecule has 96 valence electrons. The molecule has 1 aliphatic carbocycles. The minimum atomic E-state index is 0.579. The lowest BCUT2D eigenvalue weighted by molar-refractivity contribution is 0.277. The molecule has 0 radical (unpaired) electrons. The summed E-state index contributed by atoms with van der Waals surface area (Å²) in [6, 6.07) is 2.90. The molecule has 1 N–H and O–H groups in total. The van der Waals surface area contributed by atoms with Gasteiger partial charge in [0.15, 0.2) is 0 Å². The lowest BCUT2D eigenvalue weighted by Crippen LogP contribution is -2.28. The van der Waals surface area contributed by atoms with E-state index < -0.39 is 0 Å². The maximum Gasteiger partial charge on any atom is 0.0443 e. The van der Waals surface area contributed by atoms with Crippen LogP contribution in [0.25, 0.3) is 0 Å². The summed E-state index contributed by atoms with van der Waals surface area (Å²) in [5, 5.41) is 3.70. The monoisotopic (exact) mass is 315 g/mol. The number of hydrogen-bond acceptors (Lipinski definition) is 2. The van der Waals surface area contributed by atoms with Crippen molar-refractivity contribution in [2.45, 2.75) is 52.0 Å². The van der Waals surface area contributed by atoms with E-state index in [1.807, 2.05) is 11.3 Å². The van der Waals surface area contributed by atoms with Crippen molar-refractivity contribution in [3.63, 3.8) is 0 Å². The van der Waals surface area contributed by atoms with E-state index in [1.165, 1.54) is 46.3 Å². The molecule has 0 spiro atoms. The second-order valence-electron chi connectivity index (χ2n) is 4.99. The molecule has 17 heavy (non-hydrogen) atoms. The molecule has 1 aromatic rings. The summed E-state index contributed by atoms with van der Waals surface area (Å²) in [4.78, 5) is 2.92. The summed E-state index contributed by atoms with van der Waals surface area (Å²) in [5.41, 5.74) is 0. The molecule has 0 aromatic carbocycles. The van der Waals surface area contributed by atoms with Gasteiger partial charge in [-0.2, -0.15) is 0 Å². The van der Waals surface area contributed by atoms with E-state index in [-0.39, 0.29) is 0 Å². The summed E-state index contributed by atoms with van der Waals surface area (Å²) < 4.78 is 1.27. The molecule has 0 amide bonds. The molecule has 1 heterocycles. The molecular weight excluding hydrogens is 294 g/mol. The number of aryl methyl sites for hydroxylation is 1. The molecule has 1 atom stereocenters. The highest BCUT2D eigenvalue weighted by Crippen LogP contribution is 2.39. The Labute approximate surface area is 117 Å². The first kappa shape index (κ1) is 13.6. The van der Waals surface area contributed by atoms with Crippen LogP contribution in [0.15, 0.2) is 10.5 Å². The van der Waals surface area contributed by atoms with Crippen LogP contribution in [0, 0.1) is 12.8 Å². The summed E-state index contributed by atoms with van der Waals surface area (Å²) in [6.45, 7) is 5.48. The van der Waals surface area contributed by atoms with Gasteiger partial charge in [0.25, 0.3) is 0 Å². The summed E-state index contributed by atoms with van der Waals surface area (Å²) in [7, 11) is 0. The van der Waals surface area contributed by atoms with E-state index in [1.54, 1.807) is 0 Å². The zero-order valence-corrected chi connectivity index (χ0v) is 13.2. The van der Waals surface area contributed by atoms with Crippen LogP contribution in [0.5, 0.6) is 0 Å². The first-order chi connectivity index (χ1) is 8.22. The van der Waals surface area contributed by atoms with Gasteiger partial charge in [-0.1, -0.05) is 26.2 Å². The second kappa shape index (κ2) is 6.35. The Kier molecular flexibility index (Phi) is 5.07. The van der Waals surface area contributed by atoms with Gasteiger partial charge in [0, 0.05) is 20.3 Å². The number of rotatable bonds is 4. The van der Waals surface area contributed by atoms with Gasteiger partial charge in [-0.15, -0.1) is 11.3 Å². The van der Waals surface area contributed by atoms with Crippen molar-refractivity contribution in [1.82, 2.24) is 5.32 Å². The van der Waals surface area contributed by atoms with Crippen LogP contribution in [0.3, 0.4) is 0 Å².